The zero-order valence-electron chi connectivity index (χ0n) is 12.1. The highest BCUT2D eigenvalue weighted by Crippen LogP contribution is 2.29. The first-order valence-electron chi connectivity index (χ1n) is 7.42. The van der Waals surface area contributed by atoms with Gasteiger partial charge in [0.1, 0.15) is 0 Å². The minimum absolute atomic E-state index is 0.100. The molecule has 21 heavy (non-hydrogen) atoms. The normalized spacial score (nSPS) is 24.9. The first-order valence-corrected chi connectivity index (χ1v) is 7.80. The summed E-state index contributed by atoms with van der Waals surface area (Å²) >= 11 is 5.86. The monoisotopic (exact) mass is 306 g/mol. The van der Waals surface area contributed by atoms with Crippen molar-refractivity contribution in [2.75, 3.05) is 18.0 Å². The Labute approximate surface area is 129 Å². The second kappa shape index (κ2) is 5.78. The smallest absolute Gasteiger partial charge is 0.251 e. The molecule has 0 spiro atoms. The van der Waals surface area contributed by atoms with Crippen LogP contribution in [0.1, 0.15) is 26.2 Å². The number of piperidine rings is 1. The molecule has 0 N–H and O–H groups in total. The van der Waals surface area contributed by atoms with Gasteiger partial charge in [0, 0.05) is 5.02 Å². The summed E-state index contributed by atoms with van der Waals surface area (Å²) in [7, 11) is 0. The van der Waals surface area contributed by atoms with Gasteiger partial charge in [-0.3, -0.25) is 14.5 Å². The standard InChI is InChI=1S/C16H19ClN2O2/c1-11-6-8-18(9-7-11)14-10-15(20)19(16(14)21)13-4-2-12(17)3-5-13/h2-5,11,14H,6-10H2,1H3/t14-/m0/s1. The van der Waals surface area contributed by atoms with Crippen LogP contribution >= 0.6 is 11.6 Å². The van der Waals surface area contributed by atoms with Crippen molar-refractivity contribution in [2.45, 2.75) is 32.2 Å². The van der Waals surface area contributed by atoms with Crippen LogP contribution in [0.2, 0.25) is 5.02 Å². The van der Waals surface area contributed by atoms with Crippen molar-refractivity contribution >= 4 is 29.1 Å². The van der Waals surface area contributed by atoms with Crippen LogP contribution in [0.25, 0.3) is 0 Å². The van der Waals surface area contributed by atoms with Gasteiger partial charge in [-0.1, -0.05) is 18.5 Å². The third-order valence-electron chi connectivity index (χ3n) is 4.47. The van der Waals surface area contributed by atoms with Crippen molar-refractivity contribution in [1.82, 2.24) is 4.90 Å². The van der Waals surface area contributed by atoms with Crippen molar-refractivity contribution < 1.29 is 9.59 Å². The van der Waals surface area contributed by atoms with E-state index in [-0.39, 0.29) is 24.3 Å². The van der Waals surface area contributed by atoms with E-state index in [4.69, 9.17) is 11.6 Å². The fraction of sp³-hybridized carbons (Fsp3) is 0.500. The number of rotatable bonds is 2. The molecular weight excluding hydrogens is 288 g/mol. The number of benzene rings is 1. The molecule has 0 radical (unpaired) electrons. The van der Waals surface area contributed by atoms with Gasteiger partial charge in [0.15, 0.2) is 0 Å². The van der Waals surface area contributed by atoms with Gasteiger partial charge in [-0.2, -0.15) is 0 Å². The van der Waals surface area contributed by atoms with E-state index >= 15 is 0 Å². The number of anilines is 1. The van der Waals surface area contributed by atoms with Gasteiger partial charge in [0.05, 0.1) is 18.2 Å². The molecule has 0 saturated carbocycles. The fourth-order valence-corrected chi connectivity index (χ4v) is 3.23. The van der Waals surface area contributed by atoms with Crippen molar-refractivity contribution in [3.63, 3.8) is 0 Å². The summed E-state index contributed by atoms with van der Waals surface area (Å²) in [6.07, 6.45) is 2.48. The van der Waals surface area contributed by atoms with E-state index in [0.29, 0.717) is 16.6 Å². The third-order valence-corrected chi connectivity index (χ3v) is 4.72. The summed E-state index contributed by atoms with van der Waals surface area (Å²) in [4.78, 5) is 28.3. The zero-order valence-corrected chi connectivity index (χ0v) is 12.8. The molecule has 3 rings (SSSR count). The van der Waals surface area contributed by atoms with Crippen LogP contribution in [-0.4, -0.2) is 35.8 Å². The van der Waals surface area contributed by atoms with Crippen molar-refractivity contribution in [2.24, 2.45) is 5.92 Å². The van der Waals surface area contributed by atoms with Gasteiger partial charge in [-0.05, 0) is 56.1 Å². The van der Waals surface area contributed by atoms with Crippen LogP contribution in [0.3, 0.4) is 0 Å². The Morgan fingerprint density at radius 3 is 2.33 bits per heavy atom. The molecule has 0 aromatic heterocycles. The lowest BCUT2D eigenvalue weighted by molar-refractivity contribution is -0.123. The van der Waals surface area contributed by atoms with Gasteiger partial charge in [-0.25, -0.2) is 4.90 Å². The van der Waals surface area contributed by atoms with Gasteiger partial charge >= 0.3 is 0 Å². The molecule has 1 atom stereocenters. The average molecular weight is 307 g/mol. The largest absolute Gasteiger partial charge is 0.292 e. The number of carbonyl (C=O) groups is 2. The average Bonchev–Trinajstić information content (AvgIpc) is 2.76. The highest BCUT2D eigenvalue weighted by Gasteiger charge is 2.43. The van der Waals surface area contributed by atoms with E-state index in [2.05, 4.69) is 11.8 Å². The minimum Gasteiger partial charge on any atom is -0.292 e. The highest BCUT2D eigenvalue weighted by atomic mass is 35.5. The van der Waals surface area contributed by atoms with Gasteiger partial charge in [-0.15, -0.1) is 0 Å². The molecule has 1 aromatic carbocycles. The van der Waals surface area contributed by atoms with Crippen LogP contribution < -0.4 is 4.90 Å². The molecule has 2 fully saturated rings. The van der Waals surface area contributed by atoms with Gasteiger partial charge in [0.25, 0.3) is 5.91 Å². The predicted octanol–water partition coefficient (Wildman–Crippen LogP) is 2.70. The Morgan fingerprint density at radius 1 is 1.10 bits per heavy atom. The van der Waals surface area contributed by atoms with Gasteiger partial charge in [0.2, 0.25) is 5.91 Å². The zero-order chi connectivity index (χ0) is 15.0. The molecule has 5 heteroatoms. The highest BCUT2D eigenvalue weighted by molar-refractivity contribution is 6.30. The fourth-order valence-electron chi connectivity index (χ4n) is 3.10. The molecule has 2 aliphatic heterocycles. The van der Waals surface area contributed by atoms with Crippen molar-refractivity contribution in [3.05, 3.63) is 29.3 Å². The molecule has 2 amide bonds. The first-order chi connectivity index (χ1) is 10.1. The summed E-state index contributed by atoms with van der Waals surface area (Å²) < 4.78 is 0. The number of halogens is 1. The minimum atomic E-state index is -0.291. The van der Waals surface area contributed by atoms with E-state index in [1.165, 1.54) is 4.90 Å². The predicted molar refractivity (Wildman–Crippen MR) is 82.3 cm³/mol. The SMILES string of the molecule is CC1CCN([C@H]2CC(=O)N(c3ccc(Cl)cc3)C2=O)CC1. The number of hydrogen-bond donors (Lipinski definition) is 0. The lowest BCUT2D eigenvalue weighted by Crippen LogP contribution is -2.45. The summed E-state index contributed by atoms with van der Waals surface area (Å²) in [5, 5.41) is 0.597. The molecule has 112 valence electrons. The third kappa shape index (κ3) is 2.83. The summed E-state index contributed by atoms with van der Waals surface area (Å²) in [6.45, 7) is 4.04. The first kappa shape index (κ1) is 14.5. The lowest BCUT2D eigenvalue weighted by atomic mass is 9.97. The summed E-state index contributed by atoms with van der Waals surface area (Å²) in [6, 6.07) is 6.55. The molecule has 1 aromatic rings. The van der Waals surface area contributed by atoms with E-state index in [1.54, 1.807) is 24.3 Å². The second-order valence-electron chi connectivity index (χ2n) is 5.98. The maximum atomic E-state index is 12.6. The summed E-state index contributed by atoms with van der Waals surface area (Å²) in [5.41, 5.74) is 0.613. The van der Waals surface area contributed by atoms with Crippen LogP contribution in [0.15, 0.2) is 24.3 Å². The molecule has 0 aliphatic carbocycles. The molecule has 0 unspecified atom stereocenters. The Bertz CT molecular complexity index is 550. The quantitative estimate of drug-likeness (QED) is 0.789. The van der Waals surface area contributed by atoms with Crippen molar-refractivity contribution in [1.29, 1.82) is 0 Å². The molecular formula is C16H19ClN2O2. The Kier molecular flexibility index (Phi) is 4.00. The number of likely N-dealkylation sites (tertiary alicyclic amines) is 1. The Hall–Kier alpha value is -1.39. The molecule has 2 saturated heterocycles. The maximum absolute atomic E-state index is 12.6. The lowest BCUT2D eigenvalue weighted by Gasteiger charge is -2.33. The number of amides is 2. The maximum Gasteiger partial charge on any atom is 0.251 e. The Morgan fingerprint density at radius 2 is 1.71 bits per heavy atom. The van der Waals surface area contributed by atoms with Crippen molar-refractivity contribution in [3.8, 4) is 0 Å². The molecule has 0 bridgehead atoms. The molecule has 2 heterocycles. The number of nitrogens with zero attached hydrogens (tertiary/aromatic N) is 2. The van der Waals surface area contributed by atoms with Crippen LogP contribution in [0, 0.1) is 5.92 Å². The number of hydrogen-bond acceptors (Lipinski definition) is 3. The Balaban J connectivity index is 1.77. The van der Waals surface area contributed by atoms with Crippen LogP contribution in [0.4, 0.5) is 5.69 Å². The second-order valence-corrected chi connectivity index (χ2v) is 6.42. The van der Waals surface area contributed by atoms with E-state index in [1.807, 2.05) is 0 Å². The number of carbonyl (C=O) groups excluding carboxylic acids is 2. The van der Waals surface area contributed by atoms with Gasteiger partial charge < -0.3 is 0 Å². The molecule has 4 nitrogen and oxygen atoms in total. The van der Waals surface area contributed by atoms with Crippen LogP contribution in [0.5, 0.6) is 0 Å². The molecule has 2 aliphatic rings. The van der Waals surface area contributed by atoms with E-state index in [9.17, 15) is 9.59 Å². The number of imide groups is 1. The van der Waals surface area contributed by atoms with E-state index in [0.717, 1.165) is 25.9 Å². The van der Waals surface area contributed by atoms with Crippen LogP contribution in [-0.2, 0) is 9.59 Å². The summed E-state index contributed by atoms with van der Waals surface area (Å²) in [5.74, 6) is 0.489. The topological polar surface area (TPSA) is 40.6 Å². The van der Waals surface area contributed by atoms with E-state index < -0.39 is 0 Å².